The molecule has 12 heteroatoms. The molecule has 0 radical (unpaired) electrons. The Labute approximate surface area is 367 Å². The third-order valence-electron chi connectivity index (χ3n) is 11.9. The minimum Gasteiger partial charge on any atom is -0.489 e. The number of hydrogen-bond donors (Lipinski definition) is 2. The lowest BCUT2D eigenvalue weighted by molar-refractivity contribution is 0.0342. The number of aromatic nitrogens is 8. The van der Waals surface area contributed by atoms with Crippen molar-refractivity contribution in [3.8, 4) is 73.3 Å². The molecule has 2 aliphatic rings. The van der Waals surface area contributed by atoms with E-state index in [-0.39, 0.29) is 6.10 Å². The molecule has 0 saturated carbocycles. The van der Waals surface area contributed by atoms with Gasteiger partial charge in [0.1, 0.15) is 11.9 Å². The van der Waals surface area contributed by atoms with Gasteiger partial charge in [0.15, 0.2) is 0 Å². The fourth-order valence-corrected chi connectivity index (χ4v) is 8.65. The molecule has 6 aromatic heterocycles. The van der Waals surface area contributed by atoms with E-state index in [0.29, 0.717) is 6.42 Å². The Bertz CT molecular complexity index is 2770. The Morgan fingerprint density at radius 2 is 1.22 bits per heavy atom. The standard InChI is InChI=1S/C51H50N10O2/c1-35-6-4-8-46(56-35)44-31-54-58-50(44)39-18-21-53-49(29-39)38-14-16-42(17-15-38)63-43(34-60-22-2-3-23-60)30-41-7-5-9-47(57-41)45-32-55-59-51(45)40-19-20-52-48(28-40)37-12-10-36(11-13-37)33-61-24-26-62-27-25-61/h4-21,28-29,31-32,43H,2-3,22-27,30,33-34H2,1H3,(H,54,58)(H,55,59). The van der Waals surface area contributed by atoms with E-state index in [1.807, 2.05) is 74.2 Å². The molecule has 63 heavy (non-hydrogen) atoms. The minimum absolute atomic E-state index is 0.0981. The molecule has 2 fully saturated rings. The molecule has 0 spiro atoms. The Kier molecular flexibility index (Phi) is 11.9. The van der Waals surface area contributed by atoms with E-state index >= 15 is 0 Å². The Hall–Kier alpha value is -6.86. The number of nitrogens with zero attached hydrogens (tertiary/aromatic N) is 8. The zero-order chi connectivity index (χ0) is 42.4. The van der Waals surface area contributed by atoms with Crippen LogP contribution in [0.2, 0.25) is 0 Å². The van der Waals surface area contributed by atoms with E-state index in [2.05, 4.69) is 96.9 Å². The second kappa shape index (κ2) is 18.6. The van der Waals surface area contributed by atoms with Crippen molar-refractivity contribution in [3.63, 3.8) is 0 Å². The summed E-state index contributed by atoms with van der Waals surface area (Å²) in [6.45, 7) is 9.44. The van der Waals surface area contributed by atoms with Crippen LogP contribution in [0.15, 0.2) is 134 Å². The van der Waals surface area contributed by atoms with Crippen LogP contribution in [-0.4, -0.2) is 102 Å². The van der Waals surface area contributed by atoms with Crippen LogP contribution in [0.4, 0.5) is 0 Å². The summed E-state index contributed by atoms with van der Waals surface area (Å²) in [5, 5.41) is 15.3. The highest BCUT2D eigenvalue weighted by Crippen LogP contribution is 2.33. The van der Waals surface area contributed by atoms with Crippen molar-refractivity contribution in [1.82, 2.24) is 50.1 Å². The van der Waals surface area contributed by atoms with Gasteiger partial charge in [-0.25, -0.2) is 0 Å². The summed E-state index contributed by atoms with van der Waals surface area (Å²) in [7, 11) is 0. The molecular weight excluding hydrogens is 785 g/mol. The van der Waals surface area contributed by atoms with Crippen molar-refractivity contribution >= 4 is 0 Å². The van der Waals surface area contributed by atoms with Crippen molar-refractivity contribution in [2.75, 3.05) is 45.9 Å². The van der Waals surface area contributed by atoms with Crippen LogP contribution in [0, 0.1) is 6.92 Å². The monoisotopic (exact) mass is 834 g/mol. The molecule has 2 N–H and O–H groups in total. The maximum Gasteiger partial charge on any atom is 0.119 e. The van der Waals surface area contributed by atoms with E-state index in [4.69, 9.17) is 29.4 Å². The highest BCUT2D eigenvalue weighted by atomic mass is 16.5. The molecule has 2 aromatic carbocycles. The minimum atomic E-state index is -0.0981. The van der Waals surface area contributed by atoms with Crippen molar-refractivity contribution in [2.45, 2.75) is 38.8 Å². The zero-order valence-electron chi connectivity index (χ0n) is 35.5. The molecule has 316 valence electrons. The van der Waals surface area contributed by atoms with Crippen LogP contribution >= 0.6 is 0 Å². The van der Waals surface area contributed by atoms with E-state index in [0.717, 1.165) is 137 Å². The van der Waals surface area contributed by atoms with Gasteiger partial charge in [0, 0.05) is 89.8 Å². The van der Waals surface area contributed by atoms with E-state index in [9.17, 15) is 0 Å². The highest BCUT2D eigenvalue weighted by molar-refractivity contribution is 5.81. The number of aromatic amines is 2. The lowest BCUT2D eigenvalue weighted by atomic mass is 10.0. The normalized spacial score (nSPS) is 15.1. The number of likely N-dealkylation sites (tertiary alicyclic amines) is 1. The van der Waals surface area contributed by atoms with Gasteiger partial charge in [0.25, 0.3) is 0 Å². The van der Waals surface area contributed by atoms with Gasteiger partial charge in [-0.05, 0) is 111 Å². The molecule has 1 atom stereocenters. The van der Waals surface area contributed by atoms with Gasteiger partial charge in [-0.15, -0.1) is 0 Å². The first kappa shape index (κ1) is 40.2. The first-order chi connectivity index (χ1) is 31.1. The summed E-state index contributed by atoms with van der Waals surface area (Å²) in [5.41, 5.74) is 14.5. The predicted octanol–water partition coefficient (Wildman–Crippen LogP) is 8.94. The van der Waals surface area contributed by atoms with Gasteiger partial charge in [0.05, 0.1) is 59.8 Å². The number of pyridine rings is 4. The number of H-pyrrole nitrogens is 2. The van der Waals surface area contributed by atoms with Crippen LogP contribution in [0.3, 0.4) is 0 Å². The third-order valence-corrected chi connectivity index (χ3v) is 11.9. The lowest BCUT2D eigenvalue weighted by Crippen LogP contribution is -2.35. The smallest absolute Gasteiger partial charge is 0.119 e. The summed E-state index contributed by atoms with van der Waals surface area (Å²) in [6, 6.07) is 37.5. The molecule has 0 aliphatic carbocycles. The van der Waals surface area contributed by atoms with Crippen molar-refractivity contribution < 1.29 is 9.47 Å². The second-order valence-corrected chi connectivity index (χ2v) is 16.4. The number of rotatable bonds is 14. The average molecular weight is 835 g/mol. The van der Waals surface area contributed by atoms with Gasteiger partial charge in [0.2, 0.25) is 0 Å². The molecule has 8 aromatic rings. The molecule has 1 unspecified atom stereocenters. The maximum atomic E-state index is 6.80. The molecule has 2 saturated heterocycles. The lowest BCUT2D eigenvalue weighted by Gasteiger charge is -2.26. The van der Waals surface area contributed by atoms with E-state index in [1.165, 1.54) is 18.4 Å². The van der Waals surface area contributed by atoms with Crippen molar-refractivity contribution in [2.24, 2.45) is 0 Å². The van der Waals surface area contributed by atoms with Crippen LogP contribution in [0.1, 0.15) is 29.8 Å². The summed E-state index contributed by atoms with van der Waals surface area (Å²) < 4.78 is 12.3. The molecule has 2 aliphatic heterocycles. The number of hydrogen-bond acceptors (Lipinski definition) is 10. The first-order valence-corrected chi connectivity index (χ1v) is 21.9. The first-order valence-electron chi connectivity index (χ1n) is 21.9. The number of aryl methyl sites for hydroxylation is 1. The quantitative estimate of drug-likeness (QED) is 0.109. The van der Waals surface area contributed by atoms with Gasteiger partial charge in [-0.3, -0.25) is 39.9 Å². The molecule has 8 heterocycles. The molecule has 12 nitrogen and oxygen atoms in total. The molecule has 0 amide bonds. The Morgan fingerprint density at radius 1 is 0.619 bits per heavy atom. The number of ether oxygens (including phenoxy) is 2. The van der Waals surface area contributed by atoms with Crippen LogP contribution in [-0.2, 0) is 17.7 Å². The predicted molar refractivity (Wildman–Crippen MR) is 246 cm³/mol. The number of morpholine rings is 1. The number of benzene rings is 2. The van der Waals surface area contributed by atoms with Gasteiger partial charge in [-0.1, -0.05) is 36.4 Å². The van der Waals surface area contributed by atoms with E-state index in [1.54, 1.807) is 0 Å². The summed E-state index contributed by atoms with van der Waals surface area (Å²) >= 11 is 0. The van der Waals surface area contributed by atoms with E-state index < -0.39 is 0 Å². The van der Waals surface area contributed by atoms with Gasteiger partial charge < -0.3 is 9.47 Å². The fraction of sp³-hybridized carbons (Fsp3) is 0.255. The van der Waals surface area contributed by atoms with Crippen LogP contribution in [0.25, 0.3) is 67.5 Å². The fourth-order valence-electron chi connectivity index (χ4n) is 8.65. The maximum absolute atomic E-state index is 6.80. The summed E-state index contributed by atoms with van der Waals surface area (Å²) in [4.78, 5) is 24.3. The summed E-state index contributed by atoms with van der Waals surface area (Å²) in [6.07, 6.45) is 10.4. The Balaban J connectivity index is 0.845. The van der Waals surface area contributed by atoms with Gasteiger partial charge >= 0.3 is 0 Å². The van der Waals surface area contributed by atoms with Crippen LogP contribution in [0.5, 0.6) is 5.75 Å². The summed E-state index contributed by atoms with van der Waals surface area (Å²) in [5.74, 6) is 0.814. The zero-order valence-corrected chi connectivity index (χ0v) is 35.5. The second-order valence-electron chi connectivity index (χ2n) is 16.4. The highest BCUT2D eigenvalue weighted by Gasteiger charge is 2.22. The molecular formula is C51H50N10O2. The van der Waals surface area contributed by atoms with Crippen LogP contribution < -0.4 is 4.74 Å². The topological polar surface area (TPSA) is 134 Å². The molecule has 10 rings (SSSR count). The Morgan fingerprint density at radius 3 is 1.86 bits per heavy atom. The number of nitrogens with one attached hydrogen (secondary N) is 2. The SMILES string of the molecule is Cc1cccc(-c2cn[nH]c2-c2ccnc(-c3ccc(OC(Cc4cccc(-c5cn[nH]c5-c5ccnc(-c6ccc(CN7CCOCC7)cc6)c5)n4)CN4CCCC4)cc3)c2)n1. The molecule has 0 bridgehead atoms. The van der Waals surface area contributed by atoms with Gasteiger partial charge in [-0.2, -0.15) is 10.2 Å². The third kappa shape index (κ3) is 9.48. The van der Waals surface area contributed by atoms with Crippen molar-refractivity contribution in [3.05, 3.63) is 151 Å². The largest absolute Gasteiger partial charge is 0.489 e. The average Bonchev–Trinajstić information content (AvgIpc) is 4.14. The van der Waals surface area contributed by atoms with Crippen molar-refractivity contribution in [1.29, 1.82) is 0 Å².